The Morgan fingerprint density at radius 1 is 1.00 bits per heavy atom. The maximum Gasteiger partial charge on any atom is -0.0173 e. The summed E-state index contributed by atoms with van der Waals surface area (Å²) in [5.41, 5.74) is 3.43. The van der Waals surface area contributed by atoms with Crippen LogP contribution in [0.1, 0.15) is 61.8 Å². The van der Waals surface area contributed by atoms with Gasteiger partial charge in [0.25, 0.3) is 0 Å². The number of rotatable bonds is 1. The molecular formula is C12H26. The van der Waals surface area contributed by atoms with Gasteiger partial charge < -0.3 is 0 Å². The molecule has 0 heterocycles. The Bertz CT molecular complexity index is 133. The Morgan fingerprint density at radius 3 is 1.42 bits per heavy atom. The molecule has 0 aromatic rings. The van der Waals surface area contributed by atoms with Crippen molar-refractivity contribution in [1.29, 1.82) is 0 Å². The van der Waals surface area contributed by atoms with Crippen molar-refractivity contribution in [3.63, 3.8) is 0 Å². The molecule has 0 unspecified atom stereocenters. The van der Waals surface area contributed by atoms with Crippen molar-refractivity contribution in [2.45, 2.75) is 61.8 Å². The largest absolute Gasteiger partial charge is 0.0741 e. The molecule has 0 atom stereocenters. The van der Waals surface area contributed by atoms with Crippen LogP contribution in [0.25, 0.3) is 0 Å². The second-order valence-corrected chi connectivity index (χ2v) is 4.01. The van der Waals surface area contributed by atoms with Gasteiger partial charge >= 0.3 is 0 Å². The van der Waals surface area contributed by atoms with Gasteiger partial charge in [-0.05, 0) is 25.7 Å². The highest BCUT2D eigenvalue weighted by Gasteiger charge is 2.13. The van der Waals surface area contributed by atoms with Crippen LogP contribution in [0.2, 0.25) is 0 Å². The molecule has 0 amide bonds. The fourth-order valence-electron chi connectivity index (χ4n) is 0.905. The molecule has 0 bridgehead atoms. The molecule has 0 spiro atoms. The van der Waals surface area contributed by atoms with E-state index >= 15 is 0 Å². The molecule has 0 saturated heterocycles. The van der Waals surface area contributed by atoms with Gasteiger partial charge in [-0.15, -0.1) is 0 Å². The van der Waals surface area contributed by atoms with Gasteiger partial charge in [0, 0.05) is 0 Å². The van der Waals surface area contributed by atoms with Crippen molar-refractivity contribution in [2.24, 2.45) is 5.41 Å². The summed E-state index contributed by atoms with van der Waals surface area (Å²) in [6.07, 6.45) is 1.18. The maximum absolute atomic E-state index is 2.27. The van der Waals surface area contributed by atoms with Gasteiger partial charge in [-0.2, -0.15) is 0 Å². The molecule has 0 rings (SSSR count). The van der Waals surface area contributed by atoms with Crippen LogP contribution in [0.5, 0.6) is 0 Å². The number of allylic oxidation sites excluding steroid dienone is 2. The van der Waals surface area contributed by atoms with Crippen LogP contribution in [0.3, 0.4) is 0 Å². The lowest BCUT2D eigenvalue weighted by Gasteiger charge is -2.22. The van der Waals surface area contributed by atoms with E-state index in [1.165, 1.54) is 17.6 Å². The van der Waals surface area contributed by atoms with Crippen molar-refractivity contribution in [1.82, 2.24) is 0 Å². The van der Waals surface area contributed by atoms with E-state index in [0.717, 1.165) is 0 Å². The standard InChI is InChI=1S/C10H20.C2H6/c1-7-8(2)9(3)10(4,5)6;1-2/h7H2,1-6H3;1-2H3/b9-8-;. The van der Waals surface area contributed by atoms with Gasteiger partial charge in [-0.3, -0.25) is 0 Å². The lowest BCUT2D eigenvalue weighted by Crippen LogP contribution is -2.08. The number of hydrogen-bond acceptors (Lipinski definition) is 0. The molecule has 0 aromatic carbocycles. The fraction of sp³-hybridized carbons (Fsp3) is 0.833. The molecule has 0 aliphatic rings. The van der Waals surface area contributed by atoms with Crippen molar-refractivity contribution < 1.29 is 0 Å². The van der Waals surface area contributed by atoms with E-state index in [4.69, 9.17) is 0 Å². The molecule has 0 aliphatic heterocycles. The van der Waals surface area contributed by atoms with Gasteiger partial charge in [0.2, 0.25) is 0 Å². The lowest BCUT2D eigenvalue weighted by atomic mass is 9.84. The van der Waals surface area contributed by atoms with Crippen molar-refractivity contribution in [3.05, 3.63) is 11.1 Å². The summed E-state index contributed by atoms with van der Waals surface area (Å²) in [7, 11) is 0. The Labute approximate surface area is 79.1 Å². The molecule has 0 aromatic heterocycles. The second-order valence-electron chi connectivity index (χ2n) is 4.01. The third-order valence-corrected chi connectivity index (χ3v) is 2.30. The van der Waals surface area contributed by atoms with Gasteiger partial charge in [0.15, 0.2) is 0 Å². The first-order valence-electron chi connectivity index (χ1n) is 5.06. The van der Waals surface area contributed by atoms with Crippen LogP contribution in [-0.2, 0) is 0 Å². The first-order valence-corrected chi connectivity index (χ1v) is 5.06. The predicted octanol–water partition coefficient (Wildman–Crippen LogP) is 4.81. The Hall–Kier alpha value is -0.260. The molecule has 0 N–H and O–H groups in total. The molecule has 12 heavy (non-hydrogen) atoms. The maximum atomic E-state index is 2.27. The van der Waals surface area contributed by atoms with Crippen LogP contribution < -0.4 is 0 Å². The monoisotopic (exact) mass is 170 g/mol. The highest BCUT2D eigenvalue weighted by molar-refractivity contribution is 5.15. The van der Waals surface area contributed by atoms with Crippen molar-refractivity contribution >= 4 is 0 Å². The summed E-state index contributed by atoms with van der Waals surface area (Å²) >= 11 is 0. The molecular weight excluding hydrogens is 144 g/mol. The number of hydrogen-bond donors (Lipinski definition) is 0. The molecule has 74 valence electrons. The third kappa shape index (κ3) is 5.40. The molecule has 0 radical (unpaired) electrons. The van der Waals surface area contributed by atoms with Gasteiger partial charge in [0.1, 0.15) is 0 Å². The summed E-state index contributed by atoms with van der Waals surface area (Å²) in [4.78, 5) is 0. The minimum absolute atomic E-state index is 0.361. The van der Waals surface area contributed by atoms with E-state index in [9.17, 15) is 0 Å². The summed E-state index contributed by atoms with van der Waals surface area (Å²) in [5.74, 6) is 0. The summed E-state index contributed by atoms with van der Waals surface area (Å²) < 4.78 is 0. The normalized spacial score (nSPS) is 13.0. The Morgan fingerprint density at radius 2 is 1.33 bits per heavy atom. The van der Waals surface area contributed by atoms with E-state index in [2.05, 4.69) is 41.5 Å². The lowest BCUT2D eigenvalue weighted by molar-refractivity contribution is 0.496. The molecule has 0 saturated carbocycles. The van der Waals surface area contributed by atoms with Crippen LogP contribution in [0, 0.1) is 5.41 Å². The van der Waals surface area contributed by atoms with E-state index in [-0.39, 0.29) is 0 Å². The van der Waals surface area contributed by atoms with Crippen LogP contribution in [0.4, 0.5) is 0 Å². The molecule has 0 heteroatoms. The van der Waals surface area contributed by atoms with Crippen LogP contribution in [0.15, 0.2) is 11.1 Å². The predicted molar refractivity (Wildman–Crippen MR) is 59.5 cm³/mol. The highest BCUT2D eigenvalue weighted by atomic mass is 14.2. The minimum Gasteiger partial charge on any atom is -0.0741 e. The Balaban J connectivity index is 0. The van der Waals surface area contributed by atoms with Crippen LogP contribution in [-0.4, -0.2) is 0 Å². The zero-order valence-corrected chi connectivity index (χ0v) is 10.2. The Kier molecular flexibility index (Phi) is 7.47. The molecule has 0 aliphatic carbocycles. The van der Waals surface area contributed by atoms with Crippen molar-refractivity contribution in [2.75, 3.05) is 0 Å². The first-order chi connectivity index (χ1) is 5.39. The van der Waals surface area contributed by atoms with E-state index in [1.54, 1.807) is 0 Å². The van der Waals surface area contributed by atoms with E-state index in [1.807, 2.05) is 13.8 Å². The SMILES string of the molecule is CC.CC/C(C)=C(/C)C(C)(C)C. The van der Waals surface area contributed by atoms with Gasteiger partial charge in [-0.25, -0.2) is 0 Å². The van der Waals surface area contributed by atoms with Crippen LogP contribution >= 0.6 is 0 Å². The first kappa shape index (κ1) is 14.3. The van der Waals surface area contributed by atoms with Crippen molar-refractivity contribution in [3.8, 4) is 0 Å². The molecule has 0 nitrogen and oxygen atoms in total. The topological polar surface area (TPSA) is 0 Å². The average Bonchev–Trinajstić information content (AvgIpc) is 2.04. The smallest absolute Gasteiger partial charge is 0.0173 e. The molecule has 0 fully saturated rings. The average molecular weight is 170 g/mol. The van der Waals surface area contributed by atoms with Gasteiger partial charge in [0.05, 0.1) is 0 Å². The third-order valence-electron chi connectivity index (χ3n) is 2.30. The van der Waals surface area contributed by atoms with E-state index < -0.39 is 0 Å². The highest BCUT2D eigenvalue weighted by Crippen LogP contribution is 2.28. The van der Waals surface area contributed by atoms with Gasteiger partial charge in [-0.1, -0.05) is 52.7 Å². The zero-order valence-electron chi connectivity index (χ0n) is 10.2. The second kappa shape index (κ2) is 6.28. The fourth-order valence-corrected chi connectivity index (χ4v) is 0.905. The summed E-state index contributed by atoms with van der Waals surface area (Å²) in [6, 6.07) is 0. The quantitative estimate of drug-likeness (QED) is 0.496. The minimum atomic E-state index is 0.361. The van der Waals surface area contributed by atoms with E-state index in [0.29, 0.717) is 5.41 Å². The summed E-state index contributed by atoms with van der Waals surface area (Å²) in [5, 5.41) is 0. The summed E-state index contributed by atoms with van der Waals surface area (Å²) in [6.45, 7) is 17.5. The zero-order chi connectivity index (χ0) is 10.4.